The Balaban J connectivity index is 2.35. The van der Waals surface area contributed by atoms with E-state index in [2.05, 4.69) is 4.74 Å². The van der Waals surface area contributed by atoms with E-state index in [9.17, 15) is 13.2 Å². The van der Waals surface area contributed by atoms with Gasteiger partial charge in [0.15, 0.2) is 6.61 Å². The second kappa shape index (κ2) is 4.69. The normalized spacial score (nSPS) is 11.9. The number of ether oxygens (including phenoxy) is 1. The van der Waals surface area contributed by atoms with Crippen LogP contribution in [0.25, 0.3) is 6.08 Å². The van der Waals surface area contributed by atoms with E-state index in [-0.39, 0.29) is 0 Å². The first kappa shape index (κ1) is 10.6. The van der Waals surface area contributed by atoms with Gasteiger partial charge in [0.2, 0.25) is 0 Å². The first-order chi connectivity index (χ1) is 6.58. The van der Waals surface area contributed by atoms with Crippen molar-refractivity contribution in [1.82, 2.24) is 0 Å². The van der Waals surface area contributed by atoms with Gasteiger partial charge in [-0.15, -0.1) is 0 Å². The molecule has 1 rings (SSSR count). The topological polar surface area (TPSA) is 9.23 Å². The van der Waals surface area contributed by atoms with Crippen molar-refractivity contribution in [2.75, 3.05) is 6.61 Å². The summed E-state index contributed by atoms with van der Waals surface area (Å²) in [5.41, 5.74) is 0.801. The monoisotopic (exact) mass is 202 g/mol. The molecule has 0 saturated heterocycles. The highest BCUT2D eigenvalue weighted by Crippen LogP contribution is 2.14. The summed E-state index contributed by atoms with van der Waals surface area (Å²) in [7, 11) is 0. The highest BCUT2D eigenvalue weighted by Gasteiger charge is 2.27. The number of halogens is 3. The molecule has 1 nitrogen and oxygen atoms in total. The third-order valence-electron chi connectivity index (χ3n) is 1.40. The fraction of sp³-hybridized carbons (Fsp3) is 0.200. The molecule has 0 spiro atoms. The molecule has 0 aromatic heterocycles. The molecule has 0 radical (unpaired) electrons. The average molecular weight is 202 g/mol. The zero-order valence-corrected chi connectivity index (χ0v) is 7.29. The molecule has 1 aromatic rings. The van der Waals surface area contributed by atoms with Crippen LogP contribution in [0.2, 0.25) is 0 Å². The minimum absolute atomic E-state index is 0.801. The smallest absolute Gasteiger partial charge is 0.422 e. The van der Waals surface area contributed by atoms with Gasteiger partial charge >= 0.3 is 6.18 Å². The predicted octanol–water partition coefficient (Wildman–Crippen LogP) is 3.24. The van der Waals surface area contributed by atoms with Crippen LogP contribution in [-0.2, 0) is 4.74 Å². The van der Waals surface area contributed by atoms with E-state index in [1.54, 1.807) is 24.3 Å². The molecule has 14 heavy (non-hydrogen) atoms. The van der Waals surface area contributed by atoms with E-state index >= 15 is 0 Å². The highest BCUT2D eigenvalue weighted by atomic mass is 19.4. The fourth-order valence-corrected chi connectivity index (χ4v) is 0.833. The van der Waals surface area contributed by atoms with Crippen LogP contribution in [0.1, 0.15) is 5.56 Å². The number of benzene rings is 1. The number of hydrogen-bond donors (Lipinski definition) is 0. The molecule has 0 N–H and O–H groups in total. The SMILES string of the molecule is FC(F)(F)CO/C=C/c1ccccc1. The lowest BCUT2D eigenvalue weighted by molar-refractivity contribution is -0.161. The summed E-state index contributed by atoms with van der Waals surface area (Å²) >= 11 is 0. The van der Waals surface area contributed by atoms with Crippen LogP contribution < -0.4 is 0 Å². The van der Waals surface area contributed by atoms with Gasteiger partial charge in [0.05, 0.1) is 6.26 Å². The van der Waals surface area contributed by atoms with Crippen molar-refractivity contribution in [2.24, 2.45) is 0 Å². The van der Waals surface area contributed by atoms with Gasteiger partial charge in [0.25, 0.3) is 0 Å². The lowest BCUT2D eigenvalue weighted by Gasteiger charge is -2.04. The molecule has 0 fully saturated rings. The lowest BCUT2D eigenvalue weighted by Crippen LogP contribution is -2.14. The molecule has 0 aliphatic rings. The quantitative estimate of drug-likeness (QED) is 0.683. The Kier molecular flexibility index (Phi) is 3.56. The number of hydrogen-bond acceptors (Lipinski definition) is 1. The zero-order valence-electron chi connectivity index (χ0n) is 7.29. The lowest BCUT2D eigenvalue weighted by atomic mass is 10.2. The van der Waals surface area contributed by atoms with Gasteiger partial charge in [0.1, 0.15) is 0 Å². The molecule has 0 aliphatic carbocycles. The third-order valence-corrected chi connectivity index (χ3v) is 1.40. The Bertz CT molecular complexity index is 290. The summed E-state index contributed by atoms with van der Waals surface area (Å²) < 4.78 is 39.2. The second-order valence-electron chi connectivity index (χ2n) is 2.64. The Morgan fingerprint density at radius 2 is 1.79 bits per heavy atom. The number of rotatable bonds is 3. The van der Waals surface area contributed by atoms with Gasteiger partial charge in [-0.1, -0.05) is 30.3 Å². The standard InChI is InChI=1S/C10H9F3O/c11-10(12,13)8-14-7-6-9-4-2-1-3-5-9/h1-7H,8H2/b7-6+. The van der Waals surface area contributed by atoms with Crippen molar-refractivity contribution >= 4 is 6.08 Å². The maximum Gasteiger partial charge on any atom is 0.422 e. The zero-order chi connectivity index (χ0) is 10.4. The van der Waals surface area contributed by atoms with Crippen molar-refractivity contribution in [1.29, 1.82) is 0 Å². The van der Waals surface area contributed by atoms with Crippen molar-refractivity contribution in [2.45, 2.75) is 6.18 Å². The van der Waals surface area contributed by atoms with Gasteiger partial charge < -0.3 is 4.74 Å². The maximum atomic E-state index is 11.6. The van der Waals surface area contributed by atoms with Crippen LogP contribution in [0.15, 0.2) is 36.6 Å². The van der Waals surface area contributed by atoms with E-state index in [4.69, 9.17) is 0 Å². The molecule has 0 amide bonds. The van der Waals surface area contributed by atoms with E-state index in [1.165, 1.54) is 6.08 Å². The molecule has 1 aromatic carbocycles. The van der Waals surface area contributed by atoms with Gasteiger partial charge in [-0.3, -0.25) is 0 Å². The van der Waals surface area contributed by atoms with Crippen LogP contribution >= 0.6 is 0 Å². The number of alkyl halides is 3. The van der Waals surface area contributed by atoms with Crippen LogP contribution in [0.3, 0.4) is 0 Å². The third kappa shape index (κ3) is 4.54. The van der Waals surface area contributed by atoms with Crippen LogP contribution in [0, 0.1) is 0 Å². The van der Waals surface area contributed by atoms with Crippen molar-refractivity contribution < 1.29 is 17.9 Å². The molecule has 0 bridgehead atoms. The molecule has 0 saturated carbocycles. The summed E-state index contributed by atoms with van der Waals surface area (Å²) in [6, 6.07) is 8.96. The van der Waals surface area contributed by atoms with Gasteiger partial charge in [-0.05, 0) is 11.6 Å². The molecule has 4 heteroatoms. The molecular formula is C10H9F3O. The molecular weight excluding hydrogens is 193 g/mol. The molecule has 0 unspecified atom stereocenters. The van der Waals surface area contributed by atoms with E-state index < -0.39 is 12.8 Å². The van der Waals surface area contributed by atoms with E-state index in [0.717, 1.165) is 11.8 Å². The largest absolute Gasteiger partial charge is 0.492 e. The summed E-state index contributed by atoms with van der Waals surface area (Å²) in [6.45, 7) is -1.25. The van der Waals surface area contributed by atoms with Gasteiger partial charge in [-0.2, -0.15) is 13.2 Å². The highest BCUT2D eigenvalue weighted by molar-refractivity contribution is 5.47. The van der Waals surface area contributed by atoms with Crippen molar-refractivity contribution in [3.8, 4) is 0 Å². The Hall–Kier alpha value is -1.45. The van der Waals surface area contributed by atoms with Crippen molar-refractivity contribution in [3.63, 3.8) is 0 Å². The van der Waals surface area contributed by atoms with Gasteiger partial charge in [-0.25, -0.2) is 0 Å². The fourth-order valence-electron chi connectivity index (χ4n) is 0.833. The summed E-state index contributed by atoms with van der Waals surface area (Å²) in [6.07, 6.45) is -1.75. The predicted molar refractivity (Wildman–Crippen MR) is 47.5 cm³/mol. The van der Waals surface area contributed by atoms with Crippen molar-refractivity contribution in [3.05, 3.63) is 42.2 Å². The van der Waals surface area contributed by atoms with Gasteiger partial charge in [0, 0.05) is 0 Å². The molecule has 0 heterocycles. The van der Waals surface area contributed by atoms with Crippen LogP contribution in [-0.4, -0.2) is 12.8 Å². The Labute approximate surface area is 79.8 Å². The van der Waals surface area contributed by atoms with Crippen LogP contribution in [0.4, 0.5) is 13.2 Å². The summed E-state index contributed by atoms with van der Waals surface area (Å²) in [5.74, 6) is 0. The van der Waals surface area contributed by atoms with E-state index in [0.29, 0.717) is 0 Å². The molecule has 0 aliphatic heterocycles. The van der Waals surface area contributed by atoms with Crippen LogP contribution in [0.5, 0.6) is 0 Å². The summed E-state index contributed by atoms with van der Waals surface area (Å²) in [4.78, 5) is 0. The first-order valence-corrected chi connectivity index (χ1v) is 3.98. The maximum absolute atomic E-state index is 11.6. The Morgan fingerprint density at radius 1 is 1.14 bits per heavy atom. The minimum Gasteiger partial charge on any atom is -0.492 e. The average Bonchev–Trinajstić information content (AvgIpc) is 2.13. The Morgan fingerprint density at radius 3 is 2.36 bits per heavy atom. The second-order valence-corrected chi connectivity index (χ2v) is 2.64. The molecule has 0 atom stereocenters. The minimum atomic E-state index is -4.28. The van der Waals surface area contributed by atoms with E-state index in [1.807, 2.05) is 6.07 Å². The first-order valence-electron chi connectivity index (χ1n) is 3.98. The summed E-state index contributed by atoms with van der Waals surface area (Å²) in [5, 5.41) is 0. The molecule has 76 valence electrons.